The number of hydrogen-bond acceptors (Lipinski definition) is 11. The Labute approximate surface area is 172 Å². The maximum atomic E-state index is 12.2. The first kappa shape index (κ1) is 22.9. The largest absolute Gasteiger partial charge is 0.463 e. The van der Waals surface area contributed by atoms with Gasteiger partial charge in [-0.25, -0.2) is 0 Å². The molecule has 1 saturated heterocycles. The van der Waals surface area contributed by atoms with Gasteiger partial charge >= 0.3 is 23.9 Å². The third-order valence-electron chi connectivity index (χ3n) is 3.52. The maximum absolute atomic E-state index is 12.2. The molecule has 0 aromatic rings. The predicted octanol–water partition coefficient (Wildman–Crippen LogP) is -0.504. The lowest BCUT2D eigenvalue weighted by atomic mass is 9.96. The van der Waals surface area contributed by atoms with Gasteiger partial charge in [-0.2, -0.15) is 0 Å². The Morgan fingerprint density at radius 2 is 1.57 bits per heavy atom. The maximum Gasteiger partial charge on any atom is 0.305 e. The van der Waals surface area contributed by atoms with Crippen LogP contribution in [0.25, 0.3) is 10.4 Å². The second-order valence-corrected chi connectivity index (χ2v) is 5.97. The van der Waals surface area contributed by atoms with Gasteiger partial charge in [0.1, 0.15) is 25.3 Å². The van der Waals surface area contributed by atoms with Crippen LogP contribution in [0.2, 0.25) is 0 Å². The van der Waals surface area contributed by atoms with E-state index in [-0.39, 0.29) is 0 Å². The Morgan fingerprint density at radius 1 is 1.00 bits per heavy atom. The minimum Gasteiger partial charge on any atom is -0.463 e. The highest BCUT2D eigenvalue weighted by molar-refractivity contribution is 5.79. The number of azide groups is 1. The molecular formula is C16H22N4O10. The summed E-state index contributed by atoms with van der Waals surface area (Å²) >= 11 is 0. The van der Waals surface area contributed by atoms with Crippen molar-refractivity contribution in [3.8, 4) is 0 Å². The summed E-state index contributed by atoms with van der Waals surface area (Å²) in [5.41, 5.74) is 8.41. The SMILES string of the molecule is [2H]C(N=[N+]=[N-])C(=O)N[C@H]1C(OC(C)=O)O[C@H](COC(C)=O)[C@@H](OC(C)=O)[C@@H]1OC(C)=O. The fourth-order valence-electron chi connectivity index (χ4n) is 2.60. The van der Waals surface area contributed by atoms with Crippen LogP contribution < -0.4 is 5.32 Å². The fourth-order valence-corrected chi connectivity index (χ4v) is 2.60. The monoisotopic (exact) mass is 431 g/mol. The Morgan fingerprint density at radius 3 is 2.07 bits per heavy atom. The average Bonchev–Trinajstić information content (AvgIpc) is 2.63. The molecule has 2 unspecified atom stereocenters. The van der Waals surface area contributed by atoms with Crippen LogP contribution in [0.1, 0.15) is 29.1 Å². The first-order chi connectivity index (χ1) is 14.5. The van der Waals surface area contributed by atoms with E-state index in [0.717, 1.165) is 27.7 Å². The van der Waals surface area contributed by atoms with Gasteiger partial charge in [-0.3, -0.25) is 24.0 Å². The molecule has 1 rings (SSSR count). The second kappa shape index (κ2) is 11.6. The normalized spacial score (nSPS) is 26.7. The minimum atomic E-state index is -1.92. The number of amides is 1. The highest BCUT2D eigenvalue weighted by Crippen LogP contribution is 2.28. The van der Waals surface area contributed by atoms with Crippen molar-refractivity contribution in [2.75, 3.05) is 13.1 Å². The zero-order valence-electron chi connectivity index (χ0n) is 17.6. The molecule has 1 amide bonds. The van der Waals surface area contributed by atoms with Gasteiger partial charge < -0.3 is 29.0 Å². The molecule has 0 radical (unpaired) electrons. The van der Waals surface area contributed by atoms with E-state index in [2.05, 4.69) is 15.3 Å². The molecule has 0 saturated carbocycles. The van der Waals surface area contributed by atoms with Gasteiger partial charge in [0, 0.05) is 34.0 Å². The van der Waals surface area contributed by atoms with Crippen molar-refractivity contribution in [2.24, 2.45) is 5.11 Å². The minimum absolute atomic E-state index is 0.469. The quantitative estimate of drug-likeness (QED) is 0.172. The molecule has 1 aliphatic rings. The predicted molar refractivity (Wildman–Crippen MR) is 94.1 cm³/mol. The summed E-state index contributed by atoms with van der Waals surface area (Å²) in [6.07, 6.45) is -5.74. The van der Waals surface area contributed by atoms with Crippen molar-refractivity contribution in [1.29, 1.82) is 0 Å². The Kier molecular flexibility index (Phi) is 8.84. The zero-order valence-corrected chi connectivity index (χ0v) is 16.6. The average molecular weight is 431 g/mol. The van der Waals surface area contributed by atoms with Crippen molar-refractivity contribution in [3.63, 3.8) is 0 Å². The topological polar surface area (TPSA) is 192 Å². The van der Waals surface area contributed by atoms with E-state index in [1.54, 1.807) is 0 Å². The van der Waals surface area contributed by atoms with Gasteiger partial charge in [-0.05, 0) is 5.53 Å². The lowest BCUT2D eigenvalue weighted by Gasteiger charge is -2.44. The first-order valence-electron chi connectivity index (χ1n) is 9.11. The molecular weight excluding hydrogens is 408 g/mol. The van der Waals surface area contributed by atoms with Gasteiger partial charge in [0.2, 0.25) is 12.2 Å². The molecule has 30 heavy (non-hydrogen) atoms. The molecule has 0 aliphatic carbocycles. The summed E-state index contributed by atoms with van der Waals surface area (Å²) in [7, 11) is 0. The van der Waals surface area contributed by atoms with Crippen molar-refractivity contribution in [1.82, 2.24) is 5.32 Å². The van der Waals surface area contributed by atoms with E-state index < -0.39 is 73.6 Å². The first-order valence-corrected chi connectivity index (χ1v) is 8.53. The van der Waals surface area contributed by atoms with E-state index in [1.807, 2.05) is 0 Å². The lowest BCUT2D eigenvalue weighted by molar-refractivity contribution is -0.271. The molecule has 6 atom stereocenters. The highest BCUT2D eigenvalue weighted by Gasteiger charge is 2.52. The van der Waals surface area contributed by atoms with Crippen molar-refractivity contribution < 1.29 is 49.0 Å². The van der Waals surface area contributed by atoms with Gasteiger partial charge in [-0.1, -0.05) is 5.11 Å². The molecule has 14 heteroatoms. The van der Waals surface area contributed by atoms with Crippen molar-refractivity contribution >= 4 is 29.8 Å². The summed E-state index contributed by atoms with van der Waals surface area (Å²) in [5.74, 6) is -4.35. The molecule has 166 valence electrons. The second-order valence-electron chi connectivity index (χ2n) is 5.97. The zero-order chi connectivity index (χ0) is 23.7. The smallest absolute Gasteiger partial charge is 0.305 e. The summed E-state index contributed by atoms with van der Waals surface area (Å²) in [4.78, 5) is 60.6. The van der Waals surface area contributed by atoms with E-state index in [9.17, 15) is 24.0 Å². The number of rotatable bonds is 8. The molecule has 1 heterocycles. The molecule has 1 aliphatic heterocycles. The molecule has 0 aromatic heterocycles. The van der Waals surface area contributed by atoms with Crippen LogP contribution in [0.4, 0.5) is 0 Å². The third kappa shape index (κ3) is 7.93. The number of nitrogens with zero attached hydrogens (tertiary/aromatic N) is 3. The van der Waals surface area contributed by atoms with Gasteiger partial charge in [-0.15, -0.1) is 0 Å². The van der Waals surface area contributed by atoms with Crippen molar-refractivity contribution in [3.05, 3.63) is 10.4 Å². The van der Waals surface area contributed by atoms with Gasteiger partial charge in [0.05, 0.1) is 0 Å². The highest BCUT2D eigenvalue weighted by atomic mass is 16.7. The van der Waals surface area contributed by atoms with E-state index in [1.165, 1.54) is 0 Å². The van der Waals surface area contributed by atoms with Crippen LogP contribution in [0, 0.1) is 0 Å². The van der Waals surface area contributed by atoms with Crippen LogP contribution in [0.5, 0.6) is 0 Å². The van der Waals surface area contributed by atoms with Crippen LogP contribution >= 0.6 is 0 Å². The van der Waals surface area contributed by atoms with Crippen LogP contribution in [-0.2, 0) is 47.7 Å². The van der Waals surface area contributed by atoms with Crippen LogP contribution in [-0.4, -0.2) is 73.6 Å². The summed E-state index contributed by atoms with van der Waals surface area (Å²) < 4.78 is 33.3. The Bertz CT molecular complexity index is 771. The number of nitrogens with one attached hydrogen (secondary N) is 1. The molecule has 14 nitrogen and oxygen atoms in total. The summed E-state index contributed by atoms with van der Waals surface area (Å²) in [5, 5.41) is 5.16. The molecule has 0 bridgehead atoms. The van der Waals surface area contributed by atoms with Gasteiger partial charge in [0.15, 0.2) is 12.2 Å². The number of hydrogen-bond donors (Lipinski definition) is 1. The molecule has 0 aromatic carbocycles. The van der Waals surface area contributed by atoms with E-state index in [4.69, 9.17) is 30.6 Å². The van der Waals surface area contributed by atoms with E-state index >= 15 is 0 Å². The van der Waals surface area contributed by atoms with E-state index in [0.29, 0.717) is 0 Å². The van der Waals surface area contributed by atoms with Gasteiger partial charge in [0.25, 0.3) is 0 Å². The summed E-state index contributed by atoms with van der Waals surface area (Å²) in [6, 6.07) is -1.47. The number of esters is 4. The third-order valence-corrected chi connectivity index (χ3v) is 3.52. The lowest BCUT2D eigenvalue weighted by Crippen LogP contribution is -2.67. The standard InChI is InChI=1S/C16H22N4O10/c1-7(21)26-6-11-14(27-8(2)22)15(28-9(3)23)13(16(30-11)29-10(4)24)19-12(25)5-18-20-17/h11,13-16H,5-6H2,1-4H3,(H,19,25)/t11-,13-,14-,15-,16?/m1/s1/i5D/t5?,11-,13-,14-,15-,16?. The molecule has 0 spiro atoms. The Hall–Kier alpha value is -3.38. The summed E-state index contributed by atoms with van der Waals surface area (Å²) in [6.45, 7) is 1.85. The van der Waals surface area contributed by atoms with Crippen LogP contribution in [0.3, 0.4) is 0 Å². The Balaban J connectivity index is 3.38. The fraction of sp³-hybridized carbons (Fsp3) is 0.688. The number of carbonyl (C=O) groups is 5. The number of ether oxygens (including phenoxy) is 5. The number of carbonyl (C=O) groups excluding carboxylic acids is 5. The molecule has 1 N–H and O–H groups in total. The van der Waals surface area contributed by atoms with Crippen molar-refractivity contribution in [2.45, 2.75) is 58.3 Å². The van der Waals surface area contributed by atoms with Crippen LogP contribution in [0.15, 0.2) is 5.11 Å². The molecule has 1 fully saturated rings.